The third-order valence-corrected chi connectivity index (χ3v) is 3.87. The second-order valence-corrected chi connectivity index (χ2v) is 5.45. The number of hydrogen-bond acceptors (Lipinski definition) is 4. The second kappa shape index (κ2) is 5.51. The fourth-order valence-electron chi connectivity index (χ4n) is 2.58. The van der Waals surface area contributed by atoms with Gasteiger partial charge in [-0.25, -0.2) is 5.43 Å². The third kappa shape index (κ3) is 2.77. The Morgan fingerprint density at radius 2 is 2.32 bits per heavy atom. The van der Waals surface area contributed by atoms with Crippen molar-refractivity contribution in [3.05, 3.63) is 35.0 Å². The number of fused-ring (bicyclic) bond motifs is 1. The van der Waals surface area contributed by atoms with Crippen molar-refractivity contribution in [2.75, 3.05) is 13.2 Å². The molecule has 0 aliphatic carbocycles. The first-order valence-electron chi connectivity index (χ1n) is 6.49. The number of benzene rings is 1. The number of hydrazine groups is 1. The molecule has 4 nitrogen and oxygen atoms in total. The Hall–Kier alpha value is -1.07. The molecule has 1 aliphatic rings. The van der Waals surface area contributed by atoms with Gasteiger partial charge in [0.25, 0.3) is 0 Å². The van der Waals surface area contributed by atoms with Crippen molar-refractivity contribution in [1.29, 1.82) is 0 Å². The third-order valence-electron chi connectivity index (χ3n) is 3.64. The Labute approximate surface area is 116 Å². The van der Waals surface area contributed by atoms with E-state index in [0.29, 0.717) is 10.9 Å². The van der Waals surface area contributed by atoms with Crippen molar-refractivity contribution in [3.8, 4) is 0 Å². The van der Waals surface area contributed by atoms with Crippen LogP contribution in [0.25, 0.3) is 11.0 Å². The number of nitrogens with one attached hydrogen (secondary N) is 1. The predicted molar refractivity (Wildman–Crippen MR) is 74.8 cm³/mol. The molecule has 1 saturated heterocycles. The number of halogens is 1. The van der Waals surface area contributed by atoms with Gasteiger partial charge in [0.05, 0.1) is 6.04 Å². The highest BCUT2D eigenvalue weighted by molar-refractivity contribution is 6.31. The quantitative estimate of drug-likeness (QED) is 0.668. The molecule has 1 fully saturated rings. The Bertz CT molecular complexity index is 564. The Morgan fingerprint density at radius 1 is 1.42 bits per heavy atom. The molecule has 102 valence electrons. The van der Waals surface area contributed by atoms with Crippen molar-refractivity contribution in [2.45, 2.75) is 18.9 Å². The largest absolute Gasteiger partial charge is 0.459 e. The molecule has 2 heterocycles. The normalized spacial score (nSPS) is 21.1. The average molecular weight is 281 g/mol. The van der Waals surface area contributed by atoms with Crippen molar-refractivity contribution >= 4 is 22.6 Å². The lowest BCUT2D eigenvalue weighted by atomic mass is 9.98. The Kier molecular flexibility index (Phi) is 3.75. The first-order chi connectivity index (χ1) is 9.26. The van der Waals surface area contributed by atoms with Gasteiger partial charge in [0.1, 0.15) is 11.3 Å². The van der Waals surface area contributed by atoms with Crippen LogP contribution < -0.4 is 11.3 Å². The summed E-state index contributed by atoms with van der Waals surface area (Å²) < 4.78 is 11.2. The molecular formula is C14H17ClN2O2. The maximum atomic E-state index is 5.98. The number of hydrogen-bond donors (Lipinski definition) is 2. The molecule has 1 aliphatic heterocycles. The van der Waals surface area contributed by atoms with Gasteiger partial charge in [-0.05, 0) is 43.0 Å². The van der Waals surface area contributed by atoms with Crippen LogP contribution in [0.15, 0.2) is 28.7 Å². The molecule has 2 unspecified atom stereocenters. The fraction of sp³-hybridized carbons (Fsp3) is 0.429. The molecule has 5 heteroatoms. The van der Waals surface area contributed by atoms with Crippen LogP contribution in [0.1, 0.15) is 24.6 Å². The lowest BCUT2D eigenvalue weighted by Gasteiger charge is -2.16. The lowest BCUT2D eigenvalue weighted by molar-refractivity contribution is 0.180. The van der Waals surface area contributed by atoms with E-state index in [1.54, 1.807) is 0 Å². The van der Waals surface area contributed by atoms with Gasteiger partial charge in [0, 0.05) is 23.6 Å². The summed E-state index contributed by atoms with van der Waals surface area (Å²) in [6.07, 6.45) is 2.01. The maximum absolute atomic E-state index is 5.98. The molecule has 1 aromatic carbocycles. The average Bonchev–Trinajstić information content (AvgIpc) is 3.03. The van der Waals surface area contributed by atoms with Gasteiger partial charge >= 0.3 is 0 Å². The predicted octanol–water partition coefficient (Wildman–Crippen LogP) is 3.02. The molecular weight excluding hydrogens is 264 g/mol. The van der Waals surface area contributed by atoms with Crippen molar-refractivity contribution in [2.24, 2.45) is 11.8 Å². The fourth-order valence-corrected chi connectivity index (χ4v) is 2.76. The SMILES string of the molecule is NNC(CC1CCOC1)c1cc2cc(Cl)ccc2o1. The zero-order valence-electron chi connectivity index (χ0n) is 10.6. The van der Waals surface area contributed by atoms with E-state index in [4.69, 9.17) is 26.6 Å². The van der Waals surface area contributed by atoms with Crippen LogP contribution in [-0.4, -0.2) is 13.2 Å². The van der Waals surface area contributed by atoms with Gasteiger partial charge in [-0.3, -0.25) is 5.84 Å². The standard InChI is InChI=1S/C14H17ClN2O2/c15-11-1-2-13-10(6-11)7-14(19-13)12(17-16)5-9-3-4-18-8-9/h1-2,6-7,9,12,17H,3-5,8,16H2. The first-order valence-corrected chi connectivity index (χ1v) is 6.87. The van der Waals surface area contributed by atoms with Crippen molar-refractivity contribution in [1.82, 2.24) is 5.43 Å². The van der Waals surface area contributed by atoms with Gasteiger partial charge in [-0.15, -0.1) is 0 Å². The van der Waals surface area contributed by atoms with Crippen molar-refractivity contribution < 1.29 is 9.15 Å². The summed E-state index contributed by atoms with van der Waals surface area (Å²) in [4.78, 5) is 0. The van der Waals surface area contributed by atoms with Gasteiger partial charge in [-0.1, -0.05) is 11.6 Å². The summed E-state index contributed by atoms with van der Waals surface area (Å²) in [5.41, 5.74) is 3.67. The van der Waals surface area contributed by atoms with E-state index in [1.165, 1.54) is 0 Å². The smallest absolute Gasteiger partial charge is 0.134 e. The molecule has 0 amide bonds. The molecule has 3 N–H and O–H groups in total. The highest BCUT2D eigenvalue weighted by Crippen LogP contribution is 2.31. The van der Waals surface area contributed by atoms with E-state index < -0.39 is 0 Å². The maximum Gasteiger partial charge on any atom is 0.134 e. The van der Waals surface area contributed by atoms with Crippen LogP contribution in [0, 0.1) is 5.92 Å². The van der Waals surface area contributed by atoms with E-state index >= 15 is 0 Å². The number of rotatable bonds is 4. The molecule has 0 radical (unpaired) electrons. The molecule has 0 saturated carbocycles. The molecule has 19 heavy (non-hydrogen) atoms. The highest BCUT2D eigenvalue weighted by atomic mass is 35.5. The lowest BCUT2D eigenvalue weighted by Crippen LogP contribution is -2.29. The van der Waals surface area contributed by atoms with E-state index in [2.05, 4.69) is 5.43 Å². The van der Waals surface area contributed by atoms with Gasteiger partial charge < -0.3 is 9.15 Å². The van der Waals surface area contributed by atoms with Crippen LogP contribution in [-0.2, 0) is 4.74 Å². The highest BCUT2D eigenvalue weighted by Gasteiger charge is 2.23. The van der Waals surface area contributed by atoms with Crippen molar-refractivity contribution in [3.63, 3.8) is 0 Å². The van der Waals surface area contributed by atoms with Crippen LogP contribution in [0.3, 0.4) is 0 Å². The topological polar surface area (TPSA) is 60.4 Å². The first kappa shape index (κ1) is 12.9. The molecule has 2 atom stereocenters. The summed E-state index contributed by atoms with van der Waals surface area (Å²) in [5, 5.41) is 1.71. The van der Waals surface area contributed by atoms with Gasteiger partial charge in [-0.2, -0.15) is 0 Å². The summed E-state index contributed by atoms with van der Waals surface area (Å²) >= 11 is 5.98. The van der Waals surface area contributed by atoms with Crippen LogP contribution in [0.4, 0.5) is 0 Å². The van der Waals surface area contributed by atoms with Crippen LogP contribution in [0.5, 0.6) is 0 Å². The number of nitrogens with two attached hydrogens (primary N) is 1. The van der Waals surface area contributed by atoms with E-state index in [1.807, 2.05) is 24.3 Å². The minimum Gasteiger partial charge on any atom is -0.459 e. The molecule has 3 rings (SSSR count). The number of ether oxygens (including phenoxy) is 1. The molecule has 2 aromatic rings. The summed E-state index contributed by atoms with van der Waals surface area (Å²) in [7, 11) is 0. The minimum absolute atomic E-state index is 0.0119. The van der Waals surface area contributed by atoms with E-state index in [-0.39, 0.29) is 6.04 Å². The van der Waals surface area contributed by atoms with E-state index in [9.17, 15) is 0 Å². The van der Waals surface area contributed by atoms with Gasteiger partial charge in [0.15, 0.2) is 0 Å². The molecule has 0 spiro atoms. The minimum atomic E-state index is 0.0119. The molecule has 0 bridgehead atoms. The summed E-state index contributed by atoms with van der Waals surface area (Å²) in [6.45, 7) is 1.65. The van der Waals surface area contributed by atoms with E-state index in [0.717, 1.165) is 42.8 Å². The zero-order chi connectivity index (χ0) is 13.2. The zero-order valence-corrected chi connectivity index (χ0v) is 11.3. The van der Waals surface area contributed by atoms with Crippen LogP contribution >= 0.6 is 11.6 Å². The summed E-state index contributed by atoms with van der Waals surface area (Å²) in [5.74, 6) is 7.05. The molecule has 1 aromatic heterocycles. The summed E-state index contributed by atoms with van der Waals surface area (Å²) in [6, 6.07) is 7.62. The Balaban J connectivity index is 1.83. The van der Waals surface area contributed by atoms with Crippen LogP contribution in [0.2, 0.25) is 5.02 Å². The monoisotopic (exact) mass is 280 g/mol. The number of furan rings is 1. The second-order valence-electron chi connectivity index (χ2n) is 5.02. The van der Waals surface area contributed by atoms with Gasteiger partial charge in [0.2, 0.25) is 0 Å². The Morgan fingerprint density at radius 3 is 3.05 bits per heavy atom.